The van der Waals surface area contributed by atoms with Gasteiger partial charge in [0.1, 0.15) is 29.9 Å². The van der Waals surface area contributed by atoms with Gasteiger partial charge in [0, 0.05) is 12.8 Å². The minimum absolute atomic E-state index is 0.0154. The Bertz CT molecular complexity index is 1180. The molecule has 0 saturated heterocycles. The van der Waals surface area contributed by atoms with E-state index in [0.29, 0.717) is 11.3 Å². The van der Waals surface area contributed by atoms with E-state index in [1.54, 1.807) is 6.26 Å². The molecule has 0 spiro atoms. The van der Waals surface area contributed by atoms with Gasteiger partial charge >= 0.3 is 11.9 Å². The normalized spacial score (nSPS) is 14.2. The summed E-state index contributed by atoms with van der Waals surface area (Å²) in [6.45, 7) is -0.939. The highest BCUT2D eigenvalue weighted by atomic mass is 32.2. The summed E-state index contributed by atoms with van der Waals surface area (Å²) in [7, 11) is 0. The van der Waals surface area contributed by atoms with E-state index in [0.717, 1.165) is 0 Å². The second-order valence-corrected chi connectivity index (χ2v) is 10.6. The van der Waals surface area contributed by atoms with Crippen molar-refractivity contribution in [1.29, 1.82) is 0 Å². The van der Waals surface area contributed by atoms with Crippen LogP contribution in [0.4, 0.5) is 0 Å². The van der Waals surface area contributed by atoms with Crippen molar-refractivity contribution in [3.05, 3.63) is 29.8 Å². The molecule has 5 amide bonds. The van der Waals surface area contributed by atoms with Crippen molar-refractivity contribution >= 4 is 53.2 Å². The molecule has 1 aromatic carbocycles. The van der Waals surface area contributed by atoms with Crippen LogP contribution in [0.3, 0.4) is 0 Å². The molecule has 1 rings (SSSR count). The summed E-state index contributed by atoms with van der Waals surface area (Å²) in [4.78, 5) is 85.2. The largest absolute Gasteiger partial charge is 0.508 e. The van der Waals surface area contributed by atoms with Gasteiger partial charge < -0.3 is 53.2 Å². The number of nitrogens with one attached hydrogen (secondary N) is 4. The van der Waals surface area contributed by atoms with Crippen LogP contribution in [-0.2, 0) is 40.0 Å². The summed E-state index contributed by atoms with van der Waals surface area (Å²) in [6.07, 6.45) is 0.250. The van der Waals surface area contributed by atoms with Gasteiger partial charge in [-0.2, -0.15) is 11.8 Å². The average Bonchev–Trinajstić information content (AvgIpc) is 2.96. The lowest BCUT2D eigenvalue weighted by atomic mass is 10.0. The minimum Gasteiger partial charge on any atom is -0.508 e. The van der Waals surface area contributed by atoms with E-state index in [9.17, 15) is 48.9 Å². The number of aliphatic hydroxyl groups excluding tert-OH is 1. The number of rotatable bonds is 20. The van der Waals surface area contributed by atoms with Gasteiger partial charge in [0.25, 0.3) is 0 Å². The molecule has 0 saturated carbocycles. The van der Waals surface area contributed by atoms with Crippen molar-refractivity contribution in [1.82, 2.24) is 21.3 Å². The molecule has 17 nitrogen and oxygen atoms in total. The quantitative estimate of drug-likeness (QED) is 0.0670. The van der Waals surface area contributed by atoms with Crippen LogP contribution in [0.2, 0.25) is 0 Å². The first-order valence-corrected chi connectivity index (χ1v) is 14.7. The summed E-state index contributed by atoms with van der Waals surface area (Å²) in [6, 6.07) is -1.64. The number of thioether (sulfide) groups is 1. The van der Waals surface area contributed by atoms with Crippen LogP contribution in [-0.4, -0.2) is 111 Å². The smallest absolute Gasteiger partial charge is 0.326 e. The summed E-state index contributed by atoms with van der Waals surface area (Å²) in [5.74, 6) is -7.18. The monoisotopic (exact) mass is 642 g/mol. The summed E-state index contributed by atoms with van der Waals surface area (Å²) in [5.41, 5.74) is 11.3. The van der Waals surface area contributed by atoms with Crippen molar-refractivity contribution in [2.75, 3.05) is 18.6 Å². The van der Waals surface area contributed by atoms with E-state index in [1.807, 2.05) is 0 Å². The molecule has 18 heteroatoms. The first-order chi connectivity index (χ1) is 20.7. The number of carboxylic acid groups (broad SMARTS) is 2. The fraction of sp³-hybridized carbons (Fsp3) is 0.500. The third-order valence-corrected chi connectivity index (χ3v) is 6.74. The molecule has 12 N–H and O–H groups in total. The SMILES string of the molecule is CSCC[C@H](NC(=O)[C@H](CO)NC(=O)[C@H](Cc1ccc(O)cc1)NC(=O)[C@@H](N)CCC(=O)O)C(=O)N[C@@H](CC(N)=O)C(=O)O. The van der Waals surface area contributed by atoms with E-state index < -0.39 is 91.1 Å². The molecule has 0 fully saturated rings. The van der Waals surface area contributed by atoms with Gasteiger partial charge in [-0.05, 0) is 42.5 Å². The molecule has 0 heterocycles. The number of aromatic hydroxyl groups is 1. The molecule has 0 aliphatic carbocycles. The van der Waals surface area contributed by atoms with Crippen molar-refractivity contribution in [3.63, 3.8) is 0 Å². The minimum atomic E-state index is -1.66. The number of nitrogens with two attached hydrogens (primary N) is 2. The zero-order chi connectivity index (χ0) is 33.4. The lowest BCUT2D eigenvalue weighted by Crippen LogP contribution is -2.59. The molecule has 5 atom stereocenters. The van der Waals surface area contributed by atoms with Crippen molar-refractivity contribution in [3.8, 4) is 5.75 Å². The van der Waals surface area contributed by atoms with Crippen LogP contribution in [0.15, 0.2) is 24.3 Å². The molecule has 0 radical (unpaired) electrons. The number of primary amides is 1. The van der Waals surface area contributed by atoms with Crippen LogP contribution in [0, 0.1) is 0 Å². The molecule has 0 bridgehead atoms. The standard InChI is InChI=1S/C26H38N6O11S/c1-44-9-8-16(23(39)31-18(26(42)43)11-20(28)35)29-25(41)19(12-33)32-24(40)17(10-13-2-4-14(34)5-3-13)30-22(38)15(27)6-7-21(36)37/h2-5,15-19,33-34H,6-12,27H2,1H3,(H2,28,35)(H,29,41)(H,30,38)(H,31,39)(H,32,40)(H,36,37)(H,42,43)/t15-,16-,17-,18-,19-/m0/s1. The molecule has 0 aliphatic rings. The van der Waals surface area contributed by atoms with Gasteiger partial charge in [0.05, 0.1) is 19.1 Å². The zero-order valence-corrected chi connectivity index (χ0v) is 24.7. The van der Waals surface area contributed by atoms with E-state index in [-0.39, 0.29) is 25.0 Å². The number of amides is 5. The number of benzene rings is 1. The van der Waals surface area contributed by atoms with Crippen LogP contribution in [0.1, 0.15) is 31.2 Å². The average molecular weight is 643 g/mol. The van der Waals surface area contributed by atoms with E-state index in [4.69, 9.17) is 16.6 Å². The van der Waals surface area contributed by atoms with Crippen LogP contribution < -0.4 is 32.7 Å². The lowest BCUT2D eigenvalue weighted by molar-refractivity contribution is -0.143. The third-order valence-electron chi connectivity index (χ3n) is 6.09. The van der Waals surface area contributed by atoms with Crippen molar-refractivity contribution < 1.29 is 54.0 Å². The fourth-order valence-corrected chi connectivity index (χ4v) is 4.15. The molecule has 44 heavy (non-hydrogen) atoms. The summed E-state index contributed by atoms with van der Waals surface area (Å²) in [5, 5.41) is 46.7. The Labute approximate surface area is 256 Å². The Morgan fingerprint density at radius 2 is 1.32 bits per heavy atom. The molecule has 1 aromatic rings. The number of carboxylic acids is 2. The fourth-order valence-electron chi connectivity index (χ4n) is 3.68. The lowest BCUT2D eigenvalue weighted by Gasteiger charge is -2.25. The Kier molecular flexibility index (Phi) is 16.2. The number of phenols is 1. The van der Waals surface area contributed by atoms with Crippen molar-refractivity contribution in [2.24, 2.45) is 11.5 Å². The van der Waals surface area contributed by atoms with Gasteiger partial charge in [-0.1, -0.05) is 12.1 Å². The Morgan fingerprint density at radius 3 is 1.84 bits per heavy atom. The highest BCUT2D eigenvalue weighted by molar-refractivity contribution is 7.98. The Balaban J connectivity index is 3.10. The van der Waals surface area contributed by atoms with Crippen LogP contribution in [0.25, 0.3) is 0 Å². The van der Waals surface area contributed by atoms with E-state index in [2.05, 4.69) is 21.3 Å². The Hall–Kier alpha value is -4.42. The molecular weight excluding hydrogens is 604 g/mol. The molecule has 244 valence electrons. The number of carbonyl (C=O) groups excluding carboxylic acids is 5. The number of aliphatic hydroxyl groups is 1. The maximum atomic E-state index is 13.2. The first kappa shape index (κ1) is 37.6. The zero-order valence-electron chi connectivity index (χ0n) is 23.9. The predicted octanol–water partition coefficient (Wildman–Crippen LogP) is -3.23. The van der Waals surface area contributed by atoms with Gasteiger partial charge in [-0.15, -0.1) is 0 Å². The highest BCUT2D eigenvalue weighted by Crippen LogP contribution is 2.12. The maximum Gasteiger partial charge on any atom is 0.326 e. The molecule has 0 aliphatic heterocycles. The van der Waals surface area contributed by atoms with Crippen LogP contribution in [0.5, 0.6) is 5.75 Å². The summed E-state index contributed by atoms with van der Waals surface area (Å²) >= 11 is 1.31. The first-order valence-electron chi connectivity index (χ1n) is 13.3. The van der Waals surface area contributed by atoms with Gasteiger partial charge in [-0.25, -0.2) is 4.79 Å². The number of aliphatic carboxylic acids is 2. The highest BCUT2D eigenvalue weighted by Gasteiger charge is 2.32. The van der Waals surface area contributed by atoms with Gasteiger partial charge in [-0.3, -0.25) is 28.8 Å². The molecule has 0 unspecified atom stereocenters. The predicted molar refractivity (Wildman–Crippen MR) is 156 cm³/mol. The second-order valence-electron chi connectivity index (χ2n) is 9.63. The molecule has 0 aromatic heterocycles. The van der Waals surface area contributed by atoms with Gasteiger partial charge in [0.2, 0.25) is 29.5 Å². The summed E-state index contributed by atoms with van der Waals surface area (Å²) < 4.78 is 0. The second kappa shape index (κ2) is 19.0. The Morgan fingerprint density at radius 1 is 0.795 bits per heavy atom. The molecular formula is C26H38N6O11S. The van der Waals surface area contributed by atoms with Gasteiger partial charge in [0.15, 0.2) is 0 Å². The van der Waals surface area contributed by atoms with Crippen molar-refractivity contribution in [2.45, 2.75) is 62.3 Å². The number of carbonyl (C=O) groups is 7. The number of phenolic OH excluding ortho intramolecular Hbond substituents is 1. The maximum absolute atomic E-state index is 13.2. The van der Waals surface area contributed by atoms with E-state index >= 15 is 0 Å². The number of hydrogen-bond acceptors (Lipinski definition) is 11. The van der Waals surface area contributed by atoms with E-state index in [1.165, 1.54) is 36.0 Å². The number of hydrogen-bond donors (Lipinski definition) is 10. The topological polar surface area (TPSA) is 301 Å². The van der Waals surface area contributed by atoms with Crippen LogP contribution >= 0.6 is 11.8 Å². The third kappa shape index (κ3) is 13.7.